The van der Waals surface area contributed by atoms with Crippen LogP contribution in [0.4, 0.5) is 11.5 Å². The Balaban J connectivity index is 2.54. The molecule has 1 aromatic carbocycles. The molecule has 0 saturated carbocycles. The topological polar surface area (TPSA) is 81.0 Å². The number of hydrogen-bond acceptors (Lipinski definition) is 5. The zero-order valence-corrected chi connectivity index (χ0v) is 11.6. The molecule has 0 atom stereocenters. The second-order valence-electron chi connectivity index (χ2n) is 4.70. The van der Waals surface area contributed by atoms with Gasteiger partial charge in [0, 0.05) is 12.6 Å². The minimum absolute atomic E-state index is 0.104. The van der Waals surface area contributed by atoms with Crippen LogP contribution >= 0.6 is 0 Å². The molecule has 0 saturated heterocycles. The number of nitrogens with zero attached hydrogens (tertiary/aromatic N) is 3. The summed E-state index contributed by atoms with van der Waals surface area (Å²) in [5, 5.41) is 14.0. The van der Waals surface area contributed by atoms with Gasteiger partial charge in [0.25, 0.3) is 0 Å². The maximum absolute atomic E-state index is 11.2. The minimum Gasteiger partial charge on any atom is -0.367 e. The molecule has 104 valence electrons. The SMILES string of the molecule is CNc1ncnc(-c2ccc(C(C)C)cc2)c1[N+](=O)[O-]. The third-order valence-electron chi connectivity index (χ3n) is 3.09. The van der Waals surface area contributed by atoms with Crippen LogP contribution in [0.3, 0.4) is 0 Å². The molecule has 0 radical (unpaired) electrons. The van der Waals surface area contributed by atoms with Gasteiger partial charge in [-0.1, -0.05) is 38.1 Å². The summed E-state index contributed by atoms with van der Waals surface area (Å²) in [6.07, 6.45) is 1.32. The molecule has 2 rings (SSSR count). The van der Waals surface area contributed by atoms with Crippen molar-refractivity contribution in [3.05, 3.63) is 46.3 Å². The third-order valence-corrected chi connectivity index (χ3v) is 3.09. The Morgan fingerprint density at radius 2 is 1.85 bits per heavy atom. The number of nitro groups is 1. The molecule has 0 fully saturated rings. The van der Waals surface area contributed by atoms with Gasteiger partial charge in [0.1, 0.15) is 6.33 Å². The molecule has 1 aromatic heterocycles. The van der Waals surface area contributed by atoms with Gasteiger partial charge in [-0.2, -0.15) is 0 Å². The lowest BCUT2D eigenvalue weighted by atomic mass is 10.0. The summed E-state index contributed by atoms with van der Waals surface area (Å²) in [6, 6.07) is 7.63. The quantitative estimate of drug-likeness (QED) is 0.682. The van der Waals surface area contributed by atoms with Gasteiger partial charge in [0.2, 0.25) is 5.82 Å². The van der Waals surface area contributed by atoms with Crippen LogP contribution in [0.15, 0.2) is 30.6 Å². The number of aromatic nitrogens is 2. The predicted molar refractivity (Wildman–Crippen MR) is 77.8 cm³/mol. The van der Waals surface area contributed by atoms with Gasteiger partial charge in [-0.3, -0.25) is 10.1 Å². The summed E-state index contributed by atoms with van der Waals surface area (Å²) in [5.41, 5.74) is 2.11. The first-order valence-corrected chi connectivity index (χ1v) is 6.32. The highest BCUT2D eigenvalue weighted by atomic mass is 16.6. The Labute approximate surface area is 117 Å². The highest BCUT2D eigenvalue weighted by Crippen LogP contribution is 2.32. The van der Waals surface area contributed by atoms with E-state index in [2.05, 4.69) is 29.1 Å². The van der Waals surface area contributed by atoms with Crippen LogP contribution in [0.2, 0.25) is 0 Å². The molecule has 2 aromatic rings. The van der Waals surface area contributed by atoms with Crippen molar-refractivity contribution in [2.75, 3.05) is 12.4 Å². The van der Waals surface area contributed by atoms with Gasteiger partial charge in [-0.15, -0.1) is 0 Å². The zero-order chi connectivity index (χ0) is 14.7. The molecule has 1 N–H and O–H groups in total. The van der Waals surface area contributed by atoms with Crippen molar-refractivity contribution < 1.29 is 4.92 Å². The normalized spacial score (nSPS) is 10.6. The lowest BCUT2D eigenvalue weighted by molar-refractivity contribution is -0.383. The maximum atomic E-state index is 11.2. The summed E-state index contributed by atoms with van der Waals surface area (Å²) in [5.74, 6) is 0.630. The fraction of sp³-hybridized carbons (Fsp3) is 0.286. The second-order valence-corrected chi connectivity index (χ2v) is 4.70. The Bertz CT molecular complexity index is 624. The first kappa shape index (κ1) is 13.9. The molecule has 1 heterocycles. The summed E-state index contributed by atoms with van der Waals surface area (Å²) in [6.45, 7) is 4.20. The summed E-state index contributed by atoms with van der Waals surface area (Å²) in [4.78, 5) is 18.7. The largest absolute Gasteiger partial charge is 0.367 e. The molecular formula is C14H16N4O2. The maximum Gasteiger partial charge on any atom is 0.337 e. The molecule has 0 spiro atoms. The van der Waals surface area contributed by atoms with Gasteiger partial charge in [-0.05, 0) is 11.5 Å². The van der Waals surface area contributed by atoms with Crippen LogP contribution in [0.25, 0.3) is 11.3 Å². The van der Waals surface area contributed by atoms with E-state index < -0.39 is 4.92 Å². The summed E-state index contributed by atoms with van der Waals surface area (Å²) >= 11 is 0. The van der Waals surface area contributed by atoms with Crippen LogP contribution in [-0.4, -0.2) is 21.9 Å². The first-order valence-electron chi connectivity index (χ1n) is 6.32. The predicted octanol–water partition coefficient (Wildman–Crippen LogP) is 3.22. The van der Waals surface area contributed by atoms with Gasteiger partial charge in [0.05, 0.1) is 4.92 Å². The fourth-order valence-electron chi connectivity index (χ4n) is 1.97. The third kappa shape index (κ3) is 2.59. The Morgan fingerprint density at radius 3 is 2.35 bits per heavy atom. The number of anilines is 1. The lowest BCUT2D eigenvalue weighted by Crippen LogP contribution is -2.03. The fourth-order valence-corrected chi connectivity index (χ4v) is 1.97. The molecule has 0 aliphatic heterocycles. The molecule has 0 aliphatic carbocycles. The van der Waals surface area contributed by atoms with E-state index in [-0.39, 0.29) is 11.5 Å². The average molecular weight is 272 g/mol. The number of benzene rings is 1. The summed E-state index contributed by atoms with van der Waals surface area (Å²) in [7, 11) is 1.60. The highest BCUT2D eigenvalue weighted by molar-refractivity contribution is 5.76. The van der Waals surface area contributed by atoms with Crippen molar-refractivity contribution in [3.8, 4) is 11.3 Å². The van der Waals surface area contributed by atoms with Crippen LogP contribution < -0.4 is 5.32 Å². The lowest BCUT2D eigenvalue weighted by Gasteiger charge is -2.08. The average Bonchev–Trinajstić information content (AvgIpc) is 2.46. The molecular weight excluding hydrogens is 256 g/mol. The standard InChI is InChI=1S/C14H16N4O2/c1-9(2)10-4-6-11(7-5-10)12-13(18(19)20)14(15-3)17-8-16-12/h4-9H,1-3H3,(H,15,16,17). The molecule has 6 nitrogen and oxygen atoms in total. The van der Waals surface area contributed by atoms with Crippen LogP contribution in [0, 0.1) is 10.1 Å². The van der Waals surface area contributed by atoms with Crippen molar-refractivity contribution >= 4 is 11.5 Å². The first-order chi connectivity index (χ1) is 9.54. The smallest absolute Gasteiger partial charge is 0.337 e. The number of nitrogens with one attached hydrogen (secondary N) is 1. The highest BCUT2D eigenvalue weighted by Gasteiger charge is 2.23. The van der Waals surface area contributed by atoms with E-state index in [1.165, 1.54) is 11.9 Å². The minimum atomic E-state index is -0.461. The molecule has 0 aliphatic rings. The van der Waals surface area contributed by atoms with Crippen molar-refractivity contribution in [2.24, 2.45) is 0 Å². The van der Waals surface area contributed by atoms with E-state index in [4.69, 9.17) is 0 Å². The monoisotopic (exact) mass is 272 g/mol. The molecule has 6 heteroatoms. The van der Waals surface area contributed by atoms with Crippen LogP contribution in [0.5, 0.6) is 0 Å². The molecule has 0 bridgehead atoms. The molecule has 20 heavy (non-hydrogen) atoms. The van der Waals surface area contributed by atoms with E-state index in [0.717, 1.165) is 0 Å². The zero-order valence-electron chi connectivity index (χ0n) is 11.6. The molecule has 0 amide bonds. The molecule has 0 unspecified atom stereocenters. The van der Waals surface area contributed by atoms with Crippen molar-refractivity contribution in [1.29, 1.82) is 0 Å². The van der Waals surface area contributed by atoms with Crippen molar-refractivity contribution in [2.45, 2.75) is 19.8 Å². The van der Waals surface area contributed by atoms with Gasteiger partial charge >= 0.3 is 5.69 Å². The van der Waals surface area contributed by atoms with Crippen molar-refractivity contribution in [1.82, 2.24) is 9.97 Å². The van der Waals surface area contributed by atoms with Gasteiger partial charge in [-0.25, -0.2) is 9.97 Å². The van der Waals surface area contributed by atoms with Crippen LogP contribution in [-0.2, 0) is 0 Å². The van der Waals surface area contributed by atoms with Gasteiger partial charge < -0.3 is 5.32 Å². The Hall–Kier alpha value is -2.50. The number of hydrogen-bond donors (Lipinski definition) is 1. The Morgan fingerprint density at radius 1 is 1.20 bits per heavy atom. The second kappa shape index (κ2) is 5.64. The van der Waals surface area contributed by atoms with E-state index in [1.54, 1.807) is 7.05 Å². The van der Waals surface area contributed by atoms with E-state index >= 15 is 0 Å². The Kier molecular flexibility index (Phi) is 3.93. The summed E-state index contributed by atoms with van der Waals surface area (Å²) < 4.78 is 0. The van der Waals surface area contributed by atoms with Gasteiger partial charge in [0.15, 0.2) is 5.69 Å². The van der Waals surface area contributed by atoms with E-state index in [9.17, 15) is 10.1 Å². The van der Waals surface area contributed by atoms with Crippen LogP contribution in [0.1, 0.15) is 25.3 Å². The van der Waals surface area contributed by atoms with Crippen molar-refractivity contribution in [3.63, 3.8) is 0 Å². The van der Waals surface area contributed by atoms with E-state index in [0.29, 0.717) is 17.2 Å². The van der Waals surface area contributed by atoms with E-state index in [1.807, 2.05) is 24.3 Å². The number of rotatable bonds is 4.